The molecule has 0 N–H and O–H groups in total. The number of halogens is 4. The Morgan fingerprint density at radius 3 is 2.33 bits per heavy atom. The molecule has 0 saturated carbocycles. The molecule has 0 aromatic heterocycles. The fraction of sp³-hybridized carbons (Fsp3) is 0.250. The van der Waals surface area contributed by atoms with Gasteiger partial charge in [-0.1, -0.05) is 12.1 Å². The van der Waals surface area contributed by atoms with Gasteiger partial charge in [0.15, 0.2) is 0 Å². The molecule has 0 aliphatic carbocycles. The molecular formula is C8H6ClF3O2S. The number of hydrogen-bond donors (Lipinski definition) is 0. The number of hydrogen-bond acceptors (Lipinski definition) is 2. The van der Waals surface area contributed by atoms with E-state index in [1.165, 1.54) is 12.1 Å². The highest BCUT2D eigenvalue weighted by Crippen LogP contribution is 2.23. The average Bonchev–Trinajstić information content (AvgIpc) is 1.99. The molecule has 0 amide bonds. The van der Waals surface area contributed by atoms with E-state index >= 15 is 0 Å². The molecule has 0 aliphatic rings. The first kappa shape index (κ1) is 12.3. The van der Waals surface area contributed by atoms with Gasteiger partial charge < -0.3 is 0 Å². The zero-order valence-corrected chi connectivity index (χ0v) is 8.83. The Kier molecular flexibility index (Phi) is 3.30. The third kappa shape index (κ3) is 4.09. The van der Waals surface area contributed by atoms with Crippen molar-refractivity contribution in [3.8, 4) is 0 Å². The van der Waals surface area contributed by atoms with Crippen LogP contribution < -0.4 is 0 Å². The van der Waals surface area contributed by atoms with Crippen LogP contribution in [0.4, 0.5) is 13.2 Å². The maximum Gasteiger partial charge on any atom is 0.393 e. The van der Waals surface area contributed by atoms with Crippen molar-refractivity contribution in [2.24, 2.45) is 0 Å². The van der Waals surface area contributed by atoms with Crippen LogP contribution in [0, 0.1) is 0 Å². The van der Waals surface area contributed by atoms with E-state index in [9.17, 15) is 21.6 Å². The fourth-order valence-electron chi connectivity index (χ4n) is 1.04. The zero-order valence-electron chi connectivity index (χ0n) is 7.25. The Labute approximate surface area is 89.1 Å². The van der Waals surface area contributed by atoms with Crippen molar-refractivity contribution in [1.29, 1.82) is 0 Å². The van der Waals surface area contributed by atoms with E-state index in [0.29, 0.717) is 0 Å². The van der Waals surface area contributed by atoms with Crippen LogP contribution in [0.2, 0.25) is 0 Å². The normalized spacial score (nSPS) is 12.8. The topological polar surface area (TPSA) is 34.1 Å². The Bertz CT molecular complexity index is 453. The summed E-state index contributed by atoms with van der Waals surface area (Å²) in [6.07, 6.45) is -5.54. The van der Waals surface area contributed by atoms with Gasteiger partial charge in [0, 0.05) is 10.7 Å². The number of benzene rings is 1. The summed E-state index contributed by atoms with van der Waals surface area (Å²) in [6, 6.07) is 4.47. The Morgan fingerprint density at radius 2 is 1.87 bits per heavy atom. The van der Waals surface area contributed by atoms with Crippen molar-refractivity contribution in [2.75, 3.05) is 0 Å². The van der Waals surface area contributed by atoms with E-state index in [4.69, 9.17) is 10.7 Å². The van der Waals surface area contributed by atoms with Gasteiger partial charge in [-0.3, -0.25) is 0 Å². The SMILES string of the molecule is O=S(=O)(Cl)c1cccc(CC(F)(F)F)c1. The molecule has 0 fully saturated rings. The predicted octanol–water partition coefficient (Wildman–Crippen LogP) is 2.72. The summed E-state index contributed by atoms with van der Waals surface area (Å²) >= 11 is 0. The van der Waals surface area contributed by atoms with Crippen molar-refractivity contribution in [1.82, 2.24) is 0 Å². The molecule has 1 rings (SSSR count). The Morgan fingerprint density at radius 1 is 1.27 bits per heavy atom. The van der Waals surface area contributed by atoms with Crippen LogP contribution in [-0.2, 0) is 15.5 Å². The minimum absolute atomic E-state index is 0.135. The zero-order chi connectivity index (χ0) is 11.7. The van der Waals surface area contributed by atoms with Crippen LogP contribution >= 0.6 is 10.7 Å². The van der Waals surface area contributed by atoms with Gasteiger partial charge in [-0.25, -0.2) is 8.42 Å². The van der Waals surface area contributed by atoms with E-state index in [0.717, 1.165) is 12.1 Å². The molecule has 0 unspecified atom stereocenters. The molecule has 84 valence electrons. The lowest BCUT2D eigenvalue weighted by Crippen LogP contribution is -2.11. The second kappa shape index (κ2) is 4.02. The van der Waals surface area contributed by atoms with Crippen LogP contribution in [0.3, 0.4) is 0 Å². The van der Waals surface area contributed by atoms with Crippen molar-refractivity contribution in [3.63, 3.8) is 0 Å². The number of alkyl halides is 3. The molecule has 0 bridgehead atoms. The van der Waals surface area contributed by atoms with Gasteiger partial charge in [0.1, 0.15) is 0 Å². The van der Waals surface area contributed by atoms with E-state index in [2.05, 4.69) is 0 Å². The maximum absolute atomic E-state index is 12.0. The highest BCUT2D eigenvalue weighted by Gasteiger charge is 2.28. The second-order valence-corrected chi connectivity index (χ2v) is 5.44. The van der Waals surface area contributed by atoms with Crippen LogP contribution in [-0.4, -0.2) is 14.6 Å². The Hall–Kier alpha value is -0.750. The van der Waals surface area contributed by atoms with E-state index in [1.807, 2.05) is 0 Å². The van der Waals surface area contributed by atoms with Crippen molar-refractivity contribution >= 4 is 19.7 Å². The van der Waals surface area contributed by atoms with Crippen LogP contribution in [0.5, 0.6) is 0 Å². The molecule has 0 saturated heterocycles. The first-order valence-electron chi connectivity index (χ1n) is 3.79. The van der Waals surface area contributed by atoms with Gasteiger partial charge in [-0.05, 0) is 17.7 Å². The van der Waals surface area contributed by atoms with Gasteiger partial charge in [0.2, 0.25) is 0 Å². The summed E-state index contributed by atoms with van der Waals surface area (Å²) < 4.78 is 57.6. The van der Waals surface area contributed by atoms with E-state index in [-0.39, 0.29) is 10.5 Å². The summed E-state index contributed by atoms with van der Waals surface area (Å²) in [7, 11) is 1.02. The second-order valence-electron chi connectivity index (χ2n) is 2.88. The standard InChI is InChI=1S/C8H6ClF3O2S/c9-15(13,14)7-3-1-2-6(4-7)5-8(10,11)12/h1-4H,5H2. The summed E-state index contributed by atoms with van der Waals surface area (Å²) in [5.41, 5.74) is -0.135. The van der Waals surface area contributed by atoms with Gasteiger partial charge in [0.05, 0.1) is 11.3 Å². The van der Waals surface area contributed by atoms with Crippen LogP contribution in [0.25, 0.3) is 0 Å². The lowest BCUT2D eigenvalue weighted by atomic mass is 10.1. The average molecular weight is 259 g/mol. The maximum atomic E-state index is 12.0. The molecule has 2 nitrogen and oxygen atoms in total. The molecule has 1 aromatic carbocycles. The number of rotatable bonds is 2. The largest absolute Gasteiger partial charge is 0.393 e. The molecule has 0 heterocycles. The minimum Gasteiger partial charge on any atom is -0.207 e. The van der Waals surface area contributed by atoms with Gasteiger partial charge >= 0.3 is 6.18 Å². The van der Waals surface area contributed by atoms with Crippen molar-refractivity contribution in [3.05, 3.63) is 29.8 Å². The predicted molar refractivity (Wildman–Crippen MR) is 49.2 cm³/mol. The molecule has 1 aromatic rings. The van der Waals surface area contributed by atoms with E-state index < -0.39 is 21.6 Å². The Balaban J connectivity index is 3.04. The van der Waals surface area contributed by atoms with Crippen LogP contribution in [0.1, 0.15) is 5.56 Å². The van der Waals surface area contributed by atoms with Crippen molar-refractivity contribution < 1.29 is 21.6 Å². The molecule has 0 aliphatic heterocycles. The first-order chi connectivity index (χ1) is 6.68. The molecule has 0 spiro atoms. The van der Waals surface area contributed by atoms with Gasteiger partial charge in [0.25, 0.3) is 9.05 Å². The molecule has 7 heteroatoms. The lowest BCUT2D eigenvalue weighted by Gasteiger charge is -2.06. The minimum atomic E-state index is -4.37. The summed E-state index contributed by atoms with van der Waals surface area (Å²) in [4.78, 5) is -0.328. The molecular weight excluding hydrogens is 253 g/mol. The fourth-order valence-corrected chi connectivity index (χ4v) is 1.86. The highest BCUT2D eigenvalue weighted by molar-refractivity contribution is 8.13. The third-order valence-corrected chi connectivity index (χ3v) is 2.94. The smallest absolute Gasteiger partial charge is 0.207 e. The van der Waals surface area contributed by atoms with E-state index in [1.54, 1.807) is 0 Å². The lowest BCUT2D eigenvalue weighted by molar-refractivity contribution is -0.127. The van der Waals surface area contributed by atoms with Gasteiger partial charge in [-0.2, -0.15) is 13.2 Å². The molecule has 15 heavy (non-hydrogen) atoms. The van der Waals surface area contributed by atoms with Crippen molar-refractivity contribution in [2.45, 2.75) is 17.5 Å². The molecule has 0 atom stereocenters. The molecule has 0 radical (unpaired) electrons. The highest BCUT2D eigenvalue weighted by atomic mass is 35.7. The summed E-state index contributed by atoms with van der Waals surface area (Å²) in [5, 5.41) is 0. The summed E-state index contributed by atoms with van der Waals surface area (Å²) in [6.45, 7) is 0. The van der Waals surface area contributed by atoms with Crippen LogP contribution in [0.15, 0.2) is 29.2 Å². The third-order valence-electron chi connectivity index (χ3n) is 1.58. The van der Waals surface area contributed by atoms with Gasteiger partial charge in [-0.15, -0.1) is 0 Å². The first-order valence-corrected chi connectivity index (χ1v) is 6.10. The quantitative estimate of drug-likeness (QED) is 0.765. The monoisotopic (exact) mass is 258 g/mol. The summed E-state index contributed by atoms with van der Waals surface area (Å²) in [5.74, 6) is 0.